The van der Waals surface area contributed by atoms with Crippen molar-refractivity contribution in [3.63, 3.8) is 0 Å². The molecule has 0 aromatic carbocycles. The van der Waals surface area contributed by atoms with Crippen molar-refractivity contribution in [2.75, 3.05) is 40.0 Å². The first-order valence-electron chi connectivity index (χ1n) is 7.96. The van der Waals surface area contributed by atoms with Crippen LogP contribution in [0.2, 0.25) is 0 Å². The SMILES string of the molecule is COC(CN)CC(=O)N(CC1CCCO1)CC1CCCO1. The normalized spacial score (nSPS) is 27.0. The Morgan fingerprint density at radius 1 is 1.24 bits per heavy atom. The number of carbonyl (C=O) groups excluding carboxylic acids is 1. The van der Waals surface area contributed by atoms with Gasteiger partial charge in [-0.3, -0.25) is 4.79 Å². The molecule has 2 saturated heterocycles. The third kappa shape index (κ3) is 5.21. The van der Waals surface area contributed by atoms with Gasteiger partial charge in [0.1, 0.15) is 0 Å². The van der Waals surface area contributed by atoms with Crippen molar-refractivity contribution in [1.29, 1.82) is 0 Å². The molecule has 0 bridgehead atoms. The molecule has 3 unspecified atom stereocenters. The third-order valence-electron chi connectivity index (χ3n) is 4.25. The minimum atomic E-state index is -0.214. The van der Waals surface area contributed by atoms with Crippen molar-refractivity contribution in [3.8, 4) is 0 Å². The number of hydrogen-bond acceptors (Lipinski definition) is 5. The Hall–Kier alpha value is -0.690. The van der Waals surface area contributed by atoms with Gasteiger partial charge in [-0.1, -0.05) is 0 Å². The lowest BCUT2D eigenvalue weighted by atomic mass is 10.1. The number of rotatable bonds is 8. The zero-order valence-electron chi connectivity index (χ0n) is 13.0. The Bertz CT molecular complexity index is 293. The number of hydrogen-bond donors (Lipinski definition) is 1. The molecule has 2 heterocycles. The zero-order valence-corrected chi connectivity index (χ0v) is 13.0. The topological polar surface area (TPSA) is 74.0 Å². The fourth-order valence-electron chi connectivity index (χ4n) is 2.93. The van der Waals surface area contributed by atoms with Gasteiger partial charge in [0, 0.05) is 40.0 Å². The van der Waals surface area contributed by atoms with Crippen LogP contribution in [-0.2, 0) is 19.0 Å². The van der Waals surface area contributed by atoms with Gasteiger partial charge in [-0.15, -0.1) is 0 Å². The maximum atomic E-state index is 12.5. The molecule has 2 aliphatic rings. The van der Waals surface area contributed by atoms with Crippen LogP contribution in [0, 0.1) is 0 Å². The number of nitrogens with zero attached hydrogens (tertiary/aromatic N) is 1. The quantitative estimate of drug-likeness (QED) is 0.708. The van der Waals surface area contributed by atoms with Gasteiger partial charge in [-0.25, -0.2) is 0 Å². The van der Waals surface area contributed by atoms with Gasteiger partial charge >= 0.3 is 0 Å². The van der Waals surface area contributed by atoms with Gasteiger partial charge in [0.25, 0.3) is 0 Å². The molecule has 0 radical (unpaired) electrons. The van der Waals surface area contributed by atoms with Gasteiger partial charge in [-0.05, 0) is 25.7 Å². The van der Waals surface area contributed by atoms with E-state index in [1.165, 1.54) is 0 Å². The maximum Gasteiger partial charge on any atom is 0.225 e. The first kappa shape index (κ1) is 16.7. The van der Waals surface area contributed by atoms with Crippen LogP contribution in [0.15, 0.2) is 0 Å². The molecular formula is C15H28N2O4. The summed E-state index contributed by atoms with van der Waals surface area (Å²) in [5.41, 5.74) is 5.61. The van der Waals surface area contributed by atoms with Gasteiger partial charge in [0.2, 0.25) is 5.91 Å². The molecule has 6 nitrogen and oxygen atoms in total. The van der Waals surface area contributed by atoms with E-state index in [4.69, 9.17) is 19.9 Å². The molecule has 0 saturated carbocycles. The van der Waals surface area contributed by atoms with Crippen molar-refractivity contribution in [3.05, 3.63) is 0 Å². The van der Waals surface area contributed by atoms with Crippen LogP contribution in [0.4, 0.5) is 0 Å². The fourth-order valence-corrected chi connectivity index (χ4v) is 2.93. The fraction of sp³-hybridized carbons (Fsp3) is 0.933. The van der Waals surface area contributed by atoms with Gasteiger partial charge in [-0.2, -0.15) is 0 Å². The molecule has 2 aliphatic heterocycles. The smallest absolute Gasteiger partial charge is 0.225 e. The first-order chi connectivity index (χ1) is 10.2. The van der Waals surface area contributed by atoms with Crippen molar-refractivity contribution >= 4 is 5.91 Å². The Morgan fingerprint density at radius 2 is 1.81 bits per heavy atom. The Morgan fingerprint density at radius 3 is 2.19 bits per heavy atom. The Labute approximate surface area is 126 Å². The number of ether oxygens (including phenoxy) is 3. The molecule has 3 atom stereocenters. The summed E-state index contributed by atoms with van der Waals surface area (Å²) in [6, 6.07) is 0. The van der Waals surface area contributed by atoms with E-state index in [1.54, 1.807) is 7.11 Å². The largest absolute Gasteiger partial charge is 0.380 e. The van der Waals surface area contributed by atoms with E-state index in [1.807, 2.05) is 4.90 Å². The molecule has 0 aromatic heterocycles. The molecule has 122 valence electrons. The van der Waals surface area contributed by atoms with Gasteiger partial charge in [0.05, 0.1) is 24.7 Å². The lowest BCUT2D eigenvalue weighted by molar-refractivity contribution is -0.136. The van der Waals surface area contributed by atoms with Crippen LogP contribution in [0.5, 0.6) is 0 Å². The second-order valence-corrected chi connectivity index (χ2v) is 5.87. The molecule has 2 N–H and O–H groups in total. The highest BCUT2D eigenvalue weighted by atomic mass is 16.5. The predicted molar refractivity (Wildman–Crippen MR) is 79.0 cm³/mol. The zero-order chi connectivity index (χ0) is 15.1. The lowest BCUT2D eigenvalue weighted by Crippen LogP contribution is -2.43. The van der Waals surface area contributed by atoms with Crippen LogP contribution >= 0.6 is 0 Å². The van der Waals surface area contributed by atoms with Crippen molar-refractivity contribution in [1.82, 2.24) is 4.90 Å². The summed E-state index contributed by atoms with van der Waals surface area (Å²) in [7, 11) is 1.59. The average molecular weight is 300 g/mol. The number of amides is 1. The van der Waals surface area contributed by atoms with Crippen LogP contribution in [0.3, 0.4) is 0 Å². The van der Waals surface area contributed by atoms with E-state index < -0.39 is 0 Å². The number of nitrogens with two attached hydrogens (primary N) is 1. The minimum absolute atomic E-state index is 0.0818. The van der Waals surface area contributed by atoms with Crippen molar-refractivity contribution in [2.24, 2.45) is 5.73 Å². The lowest BCUT2D eigenvalue weighted by Gasteiger charge is -2.29. The highest BCUT2D eigenvalue weighted by Crippen LogP contribution is 2.18. The van der Waals surface area contributed by atoms with Gasteiger partial charge < -0.3 is 24.8 Å². The highest BCUT2D eigenvalue weighted by molar-refractivity contribution is 5.76. The van der Waals surface area contributed by atoms with Crippen LogP contribution in [0.1, 0.15) is 32.1 Å². The summed E-state index contributed by atoms with van der Waals surface area (Å²) < 4.78 is 16.6. The first-order valence-corrected chi connectivity index (χ1v) is 7.96. The number of carbonyl (C=O) groups is 1. The predicted octanol–water partition coefficient (Wildman–Crippen LogP) is 0.537. The second-order valence-electron chi connectivity index (χ2n) is 5.87. The summed E-state index contributed by atoms with van der Waals surface area (Å²) in [5, 5.41) is 0. The minimum Gasteiger partial charge on any atom is -0.380 e. The van der Waals surface area contributed by atoms with Crippen LogP contribution in [0.25, 0.3) is 0 Å². The molecule has 21 heavy (non-hydrogen) atoms. The summed E-state index contributed by atoms with van der Waals surface area (Å²) in [6.45, 7) is 3.27. The van der Waals surface area contributed by atoms with E-state index in [0.717, 1.165) is 38.9 Å². The maximum absolute atomic E-state index is 12.5. The van der Waals surface area contributed by atoms with Gasteiger partial charge in [0.15, 0.2) is 0 Å². The summed E-state index contributed by atoms with van der Waals surface area (Å²) in [4.78, 5) is 14.4. The van der Waals surface area contributed by atoms with E-state index in [2.05, 4.69) is 0 Å². The summed E-state index contributed by atoms with van der Waals surface area (Å²) in [6.07, 6.45) is 4.65. The van der Waals surface area contributed by atoms with Crippen molar-refractivity contribution < 1.29 is 19.0 Å². The van der Waals surface area contributed by atoms with E-state index in [-0.39, 0.29) is 24.2 Å². The molecule has 0 aromatic rings. The summed E-state index contributed by atoms with van der Waals surface area (Å²) in [5.74, 6) is 0.0818. The molecule has 6 heteroatoms. The van der Waals surface area contributed by atoms with E-state index in [9.17, 15) is 4.79 Å². The second kappa shape index (κ2) is 8.68. The molecule has 2 fully saturated rings. The standard InChI is InChI=1S/C15H28N2O4/c1-19-14(9-16)8-15(18)17(10-12-4-2-6-20-12)11-13-5-3-7-21-13/h12-14H,2-11,16H2,1H3. The molecule has 0 spiro atoms. The summed E-state index contributed by atoms with van der Waals surface area (Å²) >= 11 is 0. The monoisotopic (exact) mass is 300 g/mol. The highest BCUT2D eigenvalue weighted by Gasteiger charge is 2.27. The van der Waals surface area contributed by atoms with Crippen LogP contribution < -0.4 is 5.73 Å². The molecule has 0 aliphatic carbocycles. The van der Waals surface area contributed by atoms with E-state index >= 15 is 0 Å². The Balaban J connectivity index is 1.90. The van der Waals surface area contributed by atoms with E-state index in [0.29, 0.717) is 26.1 Å². The molecule has 1 amide bonds. The van der Waals surface area contributed by atoms with Crippen LogP contribution in [-0.4, -0.2) is 69.1 Å². The Kier molecular flexibility index (Phi) is 6.89. The third-order valence-corrected chi connectivity index (χ3v) is 4.25. The molecular weight excluding hydrogens is 272 g/mol. The molecule has 2 rings (SSSR count). The average Bonchev–Trinajstić information content (AvgIpc) is 3.17. The van der Waals surface area contributed by atoms with Crippen molar-refractivity contribution in [2.45, 2.75) is 50.4 Å². The number of methoxy groups -OCH3 is 1.